The van der Waals surface area contributed by atoms with Gasteiger partial charge in [-0.2, -0.15) is 0 Å². The summed E-state index contributed by atoms with van der Waals surface area (Å²) in [7, 11) is 0. The molecule has 0 atom stereocenters. The summed E-state index contributed by atoms with van der Waals surface area (Å²) in [6, 6.07) is 24.0. The molecule has 3 aromatic rings. The molecule has 0 aliphatic rings. The first-order valence-corrected chi connectivity index (χ1v) is 8.46. The van der Waals surface area contributed by atoms with E-state index >= 15 is 0 Å². The summed E-state index contributed by atoms with van der Waals surface area (Å²) in [4.78, 5) is 2.26. The van der Waals surface area contributed by atoms with Crippen molar-refractivity contribution in [3.8, 4) is 0 Å². The molecule has 0 unspecified atom stereocenters. The van der Waals surface area contributed by atoms with Gasteiger partial charge in [0.15, 0.2) is 0 Å². The highest BCUT2D eigenvalue weighted by molar-refractivity contribution is 6.33. The van der Waals surface area contributed by atoms with Crippen LogP contribution in [-0.4, -0.2) is 0 Å². The Morgan fingerprint density at radius 1 is 0.750 bits per heavy atom. The molecule has 0 radical (unpaired) electrons. The largest absolute Gasteiger partial charge is 0.398 e. The highest BCUT2D eigenvalue weighted by atomic mass is 35.5. The Balaban J connectivity index is 1.92. The number of nitrogens with zero attached hydrogens (tertiary/aromatic N) is 1. The van der Waals surface area contributed by atoms with E-state index in [1.807, 2.05) is 54.6 Å². The second-order valence-electron chi connectivity index (χ2n) is 5.68. The quantitative estimate of drug-likeness (QED) is 0.586. The van der Waals surface area contributed by atoms with Crippen LogP contribution < -0.4 is 10.6 Å². The van der Waals surface area contributed by atoms with Crippen molar-refractivity contribution in [2.45, 2.75) is 13.1 Å². The molecule has 0 bridgehead atoms. The molecule has 24 heavy (non-hydrogen) atoms. The third-order valence-corrected chi connectivity index (χ3v) is 4.39. The van der Waals surface area contributed by atoms with Crippen molar-refractivity contribution in [3.05, 3.63) is 94.0 Å². The Morgan fingerprint density at radius 3 is 2.17 bits per heavy atom. The lowest BCUT2D eigenvalue weighted by Gasteiger charge is -2.26. The molecule has 0 saturated carbocycles. The van der Waals surface area contributed by atoms with Crippen LogP contribution >= 0.6 is 23.2 Å². The first-order valence-electron chi connectivity index (χ1n) is 7.70. The van der Waals surface area contributed by atoms with Crippen molar-refractivity contribution in [2.75, 3.05) is 10.6 Å². The number of halogens is 2. The van der Waals surface area contributed by atoms with E-state index in [4.69, 9.17) is 28.9 Å². The number of nitrogens with two attached hydrogens (primary N) is 1. The summed E-state index contributed by atoms with van der Waals surface area (Å²) in [6.07, 6.45) is 0. The van der Waals surface area contributed by atoms with Gasteiger partial charge in [-0.25, -0.2) is 0 Å². The van der Waals surface area contributed by atoms with Crippen LogP contribution in [0, 0.1) is 0 Å². The minimum absolute atomic E-state index is 0.566. The first-order chi connectivity index (χ1) is 11.6. The SMILES string of the molecule is Nc1ccc(N(Cc2ccccc2)Cc2cccc(Cl)c2)cc1Cl. The molecule has 4 heteroatoms. The van der Waals surface area contributed by atoms with Gasteiger partial charge in [0.1, 0.15) is 0 Å². The first kappa shape index (κ1) is 16.7. The van der Waals surface area contributed by atoms with Crippen LogP contribution in [0.15, 0.2) is 72.8 Å². The highest BCUT2D eigenvalue weighted by Gasteiger charge is 2.10. The molecule has 0 saturated heterocycles. The van der Waals surface area contributed by atoms with Gasteiger partial charge in [-0.1, -0.05) is 65.7 Å². The van der Waals surface area contributed by atoms with Crippen LogP contribution in [0.2, 0.25) is 10.0 Å². The molecule has 122 valence electrons. The van der Waals surface area contributed by atoms with Crippen molar-refractivity contribution in [3.63, 3.8) is 0 Å². The van der Waals surface area contributed by atoms with Crippen molar-refractivity contribution in [1.82, 2.24) is 0 Å². The minimum Gasteiger partial charge on any atom is -0.398 e. The summed E-state index contributed by atoms with van der Waals surface area (Å²) in [5, 5.41) is 1.30. The number of rotatable bonds is 5. The Hall–Kier alpha value is -2.16. The smallest absolute Gasteiger partial charge is 0.0656 e. The topological polar surface area (TPSA) is 29.3 Å². The average molecular weight is 357 g/mol. The molecule has 0 heterocycles. The Labute approximate surface area is 152 Å². The van der Waals surface area contributed by atoms with Crippen molar-refractivity contribution in [1.29, 1.82) is 0 Å². The summed E-state index contributed by atoms with van der Waals surface area (Å²) < 4.78 is 0. The lowest BCUT2D eigenvalue weighted by atomic mass is 10.1. The fourth-order valence-electron chi connectivity index (χ4n) is 2.61. The van der Waals surface area contributed by atoms with Crippen LogP contribution in [0.5, 0.6) is 0 Å². The molecule has 0 aromatic heterocycles. The molecule has 2 nitrogen and oxygen atoms in total. The van der Waals surface area contributed by atoms with Gasteiger partial charge in [0.2, 0.25) is 0 Å². The summed E-state index contributed by atoms with van der Waals surface area (Å²) in [6.45, 7) is 1.50. The Morgan fingerprint density at radius 2 is 1.46 bits per heavy atom. The van der Waals surface area contributed by atoms with E-state index in [0.717, 1.165) is 29.4 Å². The third kappa shape index (κ3) is 4.22. The van der Waals surface area contributed by atoms with Crippen LogP contribution in [0.25, 0.3) is 0 Å². The number of nitrogen functional groups attached to an aromatic ring is 1. The van der Waals surface area contributed by atoms with Crippen LogP contribution in [0.3, 0.4) is 0 Å². The lowest BCUT2D eigenvalue weighted by molar-refractivity contribution is 0.800. The molecule has 0 fully saturated rings. The van der Waals surface area contributed by atoms with E-state index in [0.29, 0.717) is 10.7 Å². The number of anilines is 2. The van der Waals surface area contributed by atoms with Crippen molar-refractivity contribution >= 4 is 34.6 Å². The standard InChI is InChI=1S/C20H18Cl2N2/c21-17-8-4-7-16(11-17)14-24(13-15-5-2-1-3-6-15)18-9-10-20(23)19(22)12-18/h1-12H,13-14,23H2. The predicted octanol–water partition coefficient (Wildman–Crippen LogP) is 5.78. The van der Waals surface area contributed by atoms with Gasteiger partial charge in [0.25, 0.3) is 0 Å². The molecule has 3 aromatic carbocycles. The Kier molecular flexibility index (Phi) is 5.29. The van der Waals surface area contributed by atoms with Gasteiger partial charge < -0.3 is 10.6 Å². The van der Waals surface area contributed by atoms with E-state index in [-0.39, 0.29) is 0 Å². The normalized spacial score (nSPS) is 10.6. The molecule has 3 rings (SSSR count). The van der Waals surface area contributed by atoms with Crippen molar-refractivity contribution in [2.24, 2.45) is 0 Å². The van der Waals surface area contributed by atoms with Crippen LogP contribution in [0.1, 0.15) is 11.1 Å². The predicted molar refractivity (Wildman–Crippen MR) is 104 cm³/mol. The zero-order valence-corrected chi connectivity index (χ0v) is 14.6. The molecule has 2 N–H and O–H groups in total. The summed E-state index contributed by atoms with van der Waals surface area (Å²) >= 11 is 12.3. The zero-order chi connectivity index (χ0) is 16.9. The summed E-state index contributed by atoms with van der Waals surface area (Å²) in [5.74, 6) is 0. The molecular weight excluding hydrogens is 339 g/mol. The van der Waals surface area contributed by atoms with E-state index in [1.165, 1.54) is 5.56 Å². The van der Waals surface area contributed by atoms with Gasteiger partial charge in [-0.3, -0.25) is 0 Å². The van der Waals surface area contributed by atoms with E-state index < -0.39 is 0 Å². The van der Waals surface area contributed by atoms with E-state index in [9.17, 15) is 0 Å². The zero-order valence-electron chi connectivity index (χ0n) is 13.1. The third-order valence-electron chi connectivity index (χ3n) is 3.83. The second kappa shape index (κ2) is 7.61. The van der Waals surface area contributed by atoms with E-state index in [2.05, 4.69) is 23.1 Å². The van der Waals surface area contributed by atoms with Gasteiger partial charge in [0.05, 0.1) is 10.7 Å². The maximum atomic E-state index is 6.22. The van der Waals surface area contributed by atoms with Gasteiger partial charge in [0, 0.05) is 23.8 Å². The van der Waals surface area contributed by atoms with Gasteiger partial charge >= 0.3 is 0 Å². The maximum absolute atomic E-state index is 6.22. The number of hydrogen-bond acceptors (Lipinski definition) is 2. The number of benzene rings is 3. The lowest BCUT2D eigenvalue weighted by Crippen LogP contribution is -2.22. The molecule has 0 aliphatic carbocycles. The average Bonchev–Trinajstić information content (AvgIpc) is 2.58. The molecule has 0 aliphatic heterocycles. The summed E-state index contributed by atoms with van der Waals surface area (Å²) in [5.41, 5.74) is 9.83. The molecule has 0 spiro atoms. The fraction of sp³-hybridized carbons (Fsp3) is 0.100. The van der Waals surface area contributed by atoms with Crippen LogP contribution in [0.4, 0.5) is 11.4 Å². The molecule has 0 amide bonds. The van der Waals surface area contributed by atoms with Crippen molar-refractivity contribution < 1.29 is 0 Å². The second-order valence-corrected chi connectivity index (χ2v) is 6.52. The maximum Gasteiger partial charge on any atom is 0.0656 e. The van der Waals surface area contributed by atoms with Gasteiger partial charge in [-0.15, -0.1) is 0 Å². The van der Waals surface area contributed by atoms with Crippen LogP contribution in [-0.2, 0) is 13.1 Å². The van der Waals surface area contributed by atoms with E-state index in [1.54, 1.807) is 0 Å². The minimum atomic E-state index is 0.566. The Bertz CT molecular complexity index is 819. The fourth-order valence-corrected chi connectivity index (χ4v) is 3.00. The number of hydrogen-bond donors (Lipinski definition) is 1. The van der Waals surface area contributed by atoms with Gasteiger partial charge in [-0.05, 0) is 41.5 Å². The monoisotopic (exact) mass is 356 g/mol. The molecular formula is C20H18Cl2N2. The highest BCUT2D eigenvalue weighted by Crippen LogP contribution is 2.28.